The van der Waals surface area contributed by atoms with Crippen molar-refractivity contribution in [2.24, 2.45) is 0 Å². The van der Waals surface area contributed by atoms with Crippen molar-refractivity contribution in [3.63, 3.8) is 0 Å². The average Bonchev–Trinajstić information content (AvgIpc) is 3.97. The molecule has 0 amide bonds. The summed E-state index contributed by atoms with van der Waals surface area (Å²) in [6.45, 7) is 0. The number of furan rings is 1. The summed E-state index contributed by atoms with van der Waals surface area (Å²) in [5.74, 6) is 1.21. The second-order valence-electron chi connectivity index (χ2n) is 16.4. The molecule has 0 radical (unpaired) electrons. The summed E-state index contributed by atoms with van der Waals surface area (Å²) < 4.78 is 13.6. The fourth-order valence-electron chi connectivity index (χ4n) is 11.2. The topological polar surface area (TPSA) is 22.4 Å². The quantitative estimate of drug-likeness (QED) is 0.179. The monoisotopic (exact) mass is 754 g/mol. The van der Waals surface area contributed by atoms with E-state index in [1.165, 1.54) is 88.5 Å². The van der Waals surface area contributed by atoms with Gasteiger partial charge in [-0.3, -0.25) is 0 Å². The fraction of sp³-hybridized carbons (Fsp3) is 0.0877. The van der Waals surface area contributed by atoms with E-state index in [2.05, 4.69) is 194 Å². The van der Waals surface area contributed by atoms with Crippen LogP contribution in [0.5, 0.6) is 5.75 Å². The Labute approximate surface area is 343 Å². The molecule has 0 saturated heterocycles. The number of allylic oxidation sites excluding steroid dienone is 3. The third-order valence-corrected chi connectivity index (χ3v) is 13.5. The van der Waals surface area contributed by atoms with E-state index < -0.39 is 5.41 Å². The minimum absolute atomic E-state index is 0.0511. The predicted molar refractivity (Wildman–Crippen MR) is 242 cm³/mol. The molecule has 0 spiro atoms. The fourth-order valence-corrected chi connectivity index (χ4v) is 11.2. The van der Waals surface area contributed by atoms with Gasteiger partial charge in [-0.2, -0.15) is 0 Å². The summed E-state index contributed by atoms with van der Waals surface area (Å²) in [5.41, 5.74) is 17.7. The van der Waals surface area contributed by atoms with Crippen molar-refractivity contribution in [1.29, 1.82) is 0 Å². The van der Waals surface area contributed by atoms with Crippen LogP contribution in [-0.4, -0.2) is 6.10 Å². The minimum Gasteiger partial charge on any atom is -0.485 e. The highest BCUT2D eigenvalue weighted by molar-refractivity contribution is 6.22. The van der Waals surface area contributed by atoms with Gasteiger partial charge in [-0.25, -0.2) is 0 Å². The molecule has 2 nitrogen and oxygen atoms in total. The Balaban J connectivity index is 1.17. The second-order valence-corrected chi connectivity index (χ2v) is 16.4. The van der Waals surface area contributed by atoms with E-state index in [0.717, 1.165) is 35.1 Å². The maximum absolute atomic E-state index is 7.18. The third-order valence-electron chi connectivity index (χ3n) is 13.5. The van der Waals surface area contributed by atoms with E-state index in [1.54, 1.807) is 0 Å². The molecule has 2 unspecified atom stereocenters. The van der Waals surface area contributed by atoms with Crippen molar-refractivity contribution in [3.8, 4) is 39.1 Å². The van der Waals surface area contributed by atoms with Gasteiger partial charge in [0.25, 0.3) is 0 Å². The van der Waals surface area contributed by atoms with Gasteiger partial charge in [0.05, 0.1) is 5.41 Å². The lowest BCUT2D eigenvalue weighted by Gasteiger charge is -2.34. The van der Waals surface area contributed by atoms with E-state index >= 15 is 0 Å². The first-order valence-corrected chi connectivity index (χ1v) is 20.9. The highest BCUT2D eigenvalue weighted by Crippen LogP contribution is 2.61. The zero-order chi connectivity index (χ0) is 38.7. The zero-order valence-electron chi connectivity index (χ0n) is 32.4. The molecule has 8 aromatic carbocycles. The van der Waals surface area contributed by atoms with Crippen LogP contribution in [0.1, 0.15) is 51.3 Å². The lowest BCUT2D eigenvalue weighted by Crippen LogP contribution is -2.28. The van der Waals surface area contributed by atoms with Crippen LogP contribution < -0.4 is 4.74 Å². The van der Waals surface area contributed by atoms with E-state index in [4.69, 9.17) is 9.15 Å². The molecule has 2 heteroatoms. The normalized spacial score (nSPS) is 17.8. The first-order chi connectivity index (χ1) is 29.3. The molecular weight excluding hydrogens is 717 g/mol. The Morgan fingerprint density at radius 3 is 2.07 bits per heavy atom. The Hall–Kier alpha value is -7.16. The second kappa shape index (κ2) is 12.4. The molecule has 0 fully saturated rings. The van der Waals surface area contributed by atoms with Crippen LogP contribution in [0.25, 0.3) is 72.2 Å². The number of benzene rings is 8. The Morgan fingerprint density at radius 2 is 1.25 bits per heavy atom. The number of ether oxygens (including phenoxy) is 1. The maximum atomic E-state index is 7.18. The summed E-state index contributed by atoms with van der Waals surface area (Å²) in [6, 6.07) is 58.4. The van der Waals surface area contributed by atoms with E-state index in [-0.39, 0.29) is 12.0 Å². The first-order valence-electron chi connectivity index (χ1n) is 20.9. The molecule has 0 saturated carbocycles. The van der Waals surface area contributed by atoms with Crippen molar-refractivity contribution in [2.75, 3.05) is 0 Å². The summed E-state index contributed by atoms with van der Waals surface area (Å²) in [7, 11) is 0. The number of para-hydroxylation sites is 1. The highest BCUT2D eigenvalue weighted by Gasteiger charge is 2.48. The molecular formula is C57H38O2. The van der Waals surface area contributed by atoms with E-state index in [9.17, 15) is 0 Å². The van der Waals surface area contributed by atoms with Crippen LogP contribution in [0.4, 0.5) is 0 Å². The molecule has 9 aromatic rings. The maximum Gasteiger partial charge on any atom is 0.144 e. The van der Waals surface area contributed by atoms with E-state index in [0.29, 0.717) is 0 Å². The summed E-state index contributed by atoms with van der Waals surface area (Å²) in [6.07, 6.45) is 15.5. The van der Waals surface area contributed by atoms with Crippen LogP contribution in [0.2, 0.25) is 0 Å². The van der Waals surface area contributed by atoms with Crippen LogP contribution >= 0.6 is 0 Å². The lowest BCUT2D eigenvalue weighted by atomic mass is 9.67. The molecule has 0 N–H and O–H groups in total. The van der Waals surface area contributed by atoms with Gasteiger partial charge in [-0.15, -0.1) is 0 Å². The Morgan fingerprint density at radius 1 is 0.559 bits per heavy atom. The van der Waals surface area contributed by atoms with Gasteiger partial charge in [0.2, 0.25) is 0 Å². The van der Waals surface area contributed by atoms with Crippen LogP contribution in [-0.2, 0) is 11.8 Å². The van der Waals surface area contributed by atoms with Crippen LogP contribution in [0, 0.1) is 0 Å². The molecule has 4 aliphatic rings. The average molecular weight is 755 g/mol. The Kier molecular flexibility index (Phi) is 6.92. The molecule has 278 valence electrons. The smallest absolute Gasteiger partial charge is 0.144 e. The molecule has 13 rings (SSSR count). The Bertz CT molecular complexity index is 3270. The van der Waals surface area contributed by atoms with Crippen LogP contribution in [0.15, 0.2) is 193 Å². The molecule has 2 atom stereocenters. The summed E-state index contributed by atoms with van der Waals surface area (Å²) >= 11 is 0. The lowest BCUT2D eigenvalue weighted by molar-refractivity contribution is 0.269. The van der Waals surface area contributed by atoms with Crippen molar-refractivity contribution in [3.05, 3.63) is 227 Å². The molecule has 1 aromatic heterocycles. The largest absolute Gasteiger partial charge is 0.485 e. The number of fused-ring (bicyclic) bond motifs is 12. The van der Waals surface area contributed by atoms with E-state index in [1.807, 2.05) is 0 Å². The van der Waals surface area contributed by atoms with Gasteiger partial charge in [-0.1, -0.05) is 164 Å². The summed E-state index contributed by atoms with van der Waals surface area (Å²) in [4.78, 5) is 0. The van der Waals surface area contributed by atoms with Gasteiger partial charge >= 0.3 is 0 Å². The number of rotatable bonds is 4. The SMILES string of the molecule is C1=CC2Oc3ccc(-c4c5c(c(-c6cc7c(c8oc9ccccc9c68)-c6ccccc6C7(c6ccccc6)c6ccccc6)c6ccccc46)CCC=C5)cc3C2C=C1. The number of hydrogen-bond acceptors (Lipinski definition) is 2. The molecule has 2 heterocycles. The van der Waals surface area contributed by atoms with Crippen molar-refractivity contribution >= 4 is 38.8 Å². The number of hydrogen-bond donors (Lipinski definition) is 0. The third kappa shape index (κ3) is 4.46. The van der Waals surface area contributed by atoms with Crippen molar-refractivity contribution in [2.45, 2.75) is 30.3 Å². The van der Waals surface area contributed by atoms with Crippen LogP contribution in [0.3, 0.4) is 0 Å². The van der Waals surface area contributed by atoms with Gasteiger partial charge in [-0.05, 0) is 115 Å². The molecule has 3 aliphatic carbocycles. The van der Waals surface area contributed by atoms with Crippen molar-refractivity contribution in [1.82, 2.24) is 0 Å². The summed E-state index contributed by atoms with van der Waals surface area (Å²) in [5, 5.41) is 4.84. The highest BCUT2D eigenvalue weighted by atomic mass is 16.5. The van der Waals surface area contributed by atoms with Gasteiger partial charge in [0.15, 0.2) is 0 Å². The minimum atomic E-state index is -0.570. The molecule has 1 aliphatic heterocycles. The zero-order valence-corrected chi connectivity index (χ0v) is 32.4. The van der Waals surface area contributed by atoms with Gasteiger partial charge in [0.1, 0.15) is 23.0 Å². The van der Waals surface area contributed by atoms with Gasteiger partial charge < -0.3 is 9.15 Å². The van der Waals surface area contributed by atoms with Gasteiger partial charge in [0, 0.05) is 27.8 Å². The standard InChI is InChI=1S/C57H38O2/c1-3-17-36(18-4-1)57(37-19-5-2-6-20-37)47-28-14-11-26-43(47)55-48(57)34-46(54-44-27-13-16-30-50(44)59-56(54)55)53-41-24-9-7-22-39(41)52(40-23-8-10-25-42(40)53)35-31-32-51-45(33-35)38-21-12-15-29-49(38)58-51/h1-9,11-24,26-34,38,49H,10,25H2. The molecule has 0 bridgehead atoms. The molecule has 59 heavy (non-hydrogen) atoms. The van der Waals surface area contributed by atoms with Crippen molar-refractivity contribution < 1.29 is 9.15 Å². The first kappa shape index (κ1) is 32.9. The predicted octanol–water partition coefficient (Wildman–Crippen LogP) is 14.4.